The highest BCUT2D eigenvalue weighted by Crippen LogP contribution is 2.52. The van der Waals surface area contributed by atoms with Gasteiger partial charge in [0.15, 0.2) is 0 Å². The van der Waals surface area contributed by atoms with Crippen LogP contribution in [0.1, 0.15) is 25.0 Å². The van der Waals surface area contributed by atoms with Crippen LogP contribution in [0.15, 0.2) is 127 Å². The first kappa shape index (κ1) is 21.5. The van der Waals surface area contributed by atoms with E-state index in [0.717, 1.165) is 0 Å². The van der Waals surface area contributed by atoms with Crippen LogP contribution in [0.2, 0.25) is 0 Å². The summed E-state index contributed by atoms with van der Waals surface area (Å²) in [6, 6.07) is 46.8. The quantitative estimate of drug-likeness (QED) is 0.230. The van der Waals surface area contributed by atoms with Crippen LogP contribution in [-0.4, -0.2) is 4.57 Å². The second-order valence-corrected chi connectivity index (χ2v) is 11.0. The van der Waals surface area contributed by atoms with Crippen LogP contribution in [0.5, 0.6) is 0 Å². The fourth-order valence-electron chi connectivity index (χ4n) is 6.77. The molecule has 1 nitrogen and oxygen atoms in total. The van der Waals surface area contributed by atoms with Gasteiger partial charge in [-0.1, -0.05) is 117 Å². The highest BCUT2D eigenvalue weighted by atomic mass is 15.0. The number of rotatable bonds is 2. The van der Waals surface area contributed by atoms with Gasteiger partial charge in [-0.3, -0.25) is 0 Å². The van der Waals surface area contributed by atoms with Crippen LogP contribution in [0.4, 0.5) is 0 Å². The van der Waals surface area contributed by atoms with Gasteiger partial charge in [0.25, 0.3) is 0 Å². The Morgan fingerprint density at radius 2 is 1.29 bits per heavy atom. The molecule has 0 spiro atoms. The van der Waals surface area contributed by atoms with E-state index < -0.39 is 0 Å². The van der Waals surface area contributed by atoms with Gasteiger partial charge in [-0.05, 0) is 68.4 Å². The molecule has 7 aromatic rings. The summed E-state index contributed by atoms with van der Waals surface area (Å²) in [4.78, 5) is 0. The molecule has 1 aliphatic carbocycles. The van der Waals surface area contributed by atoms with Gasteiger partial charge < -0.3 is 4.57 Å². The molecule has 0 N–H and O–H groups in total. The van der Waals surface area contributed by atoms with E-state index in [1.807, 2.05) is 0 Å². The molecule has 0 saturated heterocycles. The van der Waals surface area contributed by atoms with E-state index in [2.05, 4.69) is 146 Å². The lowest BCUT2D eigenvalue weighted by atomic mass is 9.81. The largest absolute Gasteiger partial charge is 0.309 e. The Bertz CT molecular complexity index is 2050. The van der Waals surface area contributed by atoms with Gasteiger partial charge >= 0.3 is 0 Å². The summed E-state index contributed by atoms with van der Waals surface area (Å²) in [7, 11) is 0. The first-order chi connectivity index (χ1) is 18.6. The van der Waals surface area contributed by atoms with Crippen LogP contribution in [0, 0.1) is 0 Å². The minimum absolute atomic E-state index is 0.0898. The van der Waals surface area contributed by atoms with Crippen LogP contribution in [0.3, 0.4) is 0 Å². The zero-order chi connectivity index (χ0) is 25.4. The van der Waals surface area contributed by atoms with Crippen LogP contribution in [0.25, 0.3) is 60.5 Å². The molecule has 0 radical (unpaired) electrons. The lowest BCUT2D eigenvalue weighted by Gasteiger charge is -2.23. The molecule has 1 aromatic heterocycles. The maximum atomic E-state index is 2.50. The van der Waals surface area contributed by atoms with E-state index in [4.69, 9.17) is 0 Å². The number of para-hydroxylation sites is 1. The second kappa shape index (κ2) is 7.69. The first-order valence-corrected chi connectivity index (χ1v) is 13.4. The minimum Gasteiger partial charge on any atom is -0.309 e. The lowest BCUT2D eigenvalue weighted by molar-refractivity contribution is 0.664. The molecule has 0 saturated carbocycles. The summed E-state index contributed by atoms with van der Waals surface area (Å²) in [5, 5.41) is 5.15. The third-order valence-electron chi connectivity index (χ3n) is 8.54. The van der Waals surface area contributed by atoms with Gasteiger partial charge in [0.2, 0.25) is 0 Å². The van der Waals surface area contributed by atoms with Gasteiger partial charge in [0, 0.05) is 21.9 Å². The molecule has 180 valence electrons. The highest BCUT2D eigenvalue weighted by molar-refractivity contribution is 6.13. The summed E-state index contributed by atoms with van der Waals surface area (Å²) in [6.07, 6.45) is 0. The number of benzene rings is 6. The Balaban J connectivity index is 1.43. The Morgan fingerprint density at radius 3 is 2.21 bits per heavy atom. The predicted octanol–water partition coefficient (Wildman–Crippen LogP) is 9.91. The van der Waals surface area contributed by atoms with Crippen LogP contribution < -0.4 is 0 Å². The SMILES string of the molecule is CC1(C)c2ccccc2-c2ccc3c4ccccc4n(-c4cccc(-c5ccc6ccccc6c5)c4)c3c21. The summed E-state index contributed by atoms with van der Waals surface area (Å²) in [5.74, 6) is 0. The molecule has 6 aromatic carbocycles. The Morgan fingerprint density at radius 1 is 0.526 bits per heavy atom. The third kappa shape index (κ3) is 2.87. The maximum Gasteiger partial charge on any atom is 0.0588 e. The zero-order valence-electron chi connectivity index (χ0n) is 21.6. The third-order valence-corrected chi connectivity index (χ3v) is 8.54. The molecular weight excluding hydrogens is 458 g/mol. The normalized spacial score (nSPS) is 13.7. The molecule has 0 bridgehead atoms. The van der Waals surface area contributed by atoms with Crippen molar-refractivity contribution in [1.29, 1.82) is 0 Å². The van der Waals surface area contributed by atoms with Crippen molar-refractivity contribution < 1.29 is 0 Å². The highest BCUT2D eigenvalue weighted by Gasteiger charge is 2.38. The van der Waals surface area contributed by atoms with E-state index in [1.54, 1.807) is 0 Å². The summed E-state index contributed by atoms with van der Waals surface area (Å²) < 4.78 is 2.50. The van der Waals surface area contributed by atoms with Crippen molar-refractivity contribution in [3.63, 3.8) is 0 Å². The van der Waals surface area contributed by atoms with E-state index in [0.29, 0.717) is 0 Å². The average molecular weight is 486 g/mol. The minimum atomic E-state index is -0.0898. The average Bonchev–Trinajstić information content (AvgIpc) is 3.42. The molecule has 38 heavy (non-hydrogen) atoms. The van der Waals surface area contributed by atoms with Gasteiger partial charge in [0.05, 0.1) is 11.0 Å². The molecule has 0 aliphatic heterocycles. The lowest BCUT2D eigenvalue weighted by Crippen LogP contribution is -2.16. The van der Waals surface area contributed by atoms with Crippen molar-refractivity contribution in [2.24, 2.45) is 0 Å². The second-order valence-electron chi connectivity index (χ2n) is 11.0. The van der Waals surface area contributed by atoms with Crippen molar-refractivity contribution in [1.82, 2.24) is 4.57 Å². The Hall–Kier alpha value is -4.62. The van der Waals surface area contributed by atoms with E-state index in [1.165, 1.54) is 71.6 Å². The fraction of sp³-hybridized carbons (Fsp3) is 0.0811. The van der Waals surface area contributed by atoms with Crippen molar-refractivity contribution in [2.45, 2.75) is 19.3 Å². The van der Waals surface area contributed by atoms with Crippen molar-refractivity contribution in [3.05, 3.63) is 139 Å². The molecular formula is C37H27N. The number of nitrogens with zero attached hydrogens (tertiary/aromatic N) is 1. The fourth-order valence-corrected chi connectivity index (χ4v) is 6.77. The van der Waals surface area contributed by atoms with Crippen molar-refractivity contribution >= 4 is 32.6 Å². The zero-order valence-corrected chi connectivity index (χ0v) is 21.6. The molecule has 0 unspecified atom stereocenters. The molecule has 1 aliphatic rings. The molecule has 8 rings (SSSR count). The number of aromatic nitrogens is 1. The van der Waals surface area contributed by atoms with Gasteiger partial charge in [-0.15, -0.1) is 0 Å². The van der Waals surface area contributed by atoms with Crippen LogP contribution in [-0.2, 0) is 5.41 Å². The molecule has 1 heterocycles. The predicted molar refractivity (Wildman–Crippen MR) is 161 cm³/mol. The standard InChI is InChI=1S/C37H27N/c1-37(2)33-16-7-5-14-29(33)31-20-21-32-30-15-6-8-17-34(30)38(36(32)35(31)37)28-13-9-12-26(23-28)27-19-18-24-10-3-4-11-25(24)22-27/h3-23H,1-2H3. The summed E-state index contributed by atoms with van der Waals surface area (Å²) in [5.41, 5.74) is 11.7. The van der Waals surface area contributed by atoms with Crippen molar-refractivity contribution in [2.75, 3.05) is 0 Å². The monoisotopic (exact) mass is 485 g/mol. The van der Waals surface area contributed by atoms with Gasteiger partial charge in [-0.2, -0.15) is 0 Å². The summed E-state index contributed by atoms with van der Waals surface area (Å²) >= 11 is 0. The summed E-state index contributed by atoms with van der Waals surface area (Å²) in [6.45, 7) is 4.76. The number of hydrogen-bond acceptors (Lipinski definition) is 0. The van der Waals surface area contributed by atoms with Gasteiger partial charge in [0.1, 0.15) is 0 Å². The first-order valence-electron chi connectivity index (χ1n) is 13.4. The van der Waals surface area contributed by atoms with Crippen molar-refractivity contribution in [3.8, 4) is 27.9 Å². The van der Waals surface area contributed by atoms with Gasteiger partial charge in [-0.25, -0.2) is 0 Å². The number of fused-ring (bicyclic) bond motifs is 8. The Kier molecular flexibility index (Phi) is 4.35. The molecule has 0 amide bonds. The smallest absolute Gasteiger partial charge is 0.0588 e. The van der Waals surface area contributed by atoms with Crippen LogP contribution >= 0.6 is 0 Å². The van der Waals surface area contributed by atoms with E-state index in [9.17, 15) is 0 Å². The maximum absolute atomic E-state index is 2.50. The molecule has 0 fully saturated rings. The molecule has 1 heteroatoms. The van der Waals surface area contributed by atoms with E-state index in [-0.39, 0.29) is 5.41 Å². The Labute approximate surface area is 222 Å². The van der Waals surface area contributed by atoms with E-state index >= 15 is 0 Å². The topological polar surface area (TPSA) is 4.93 Å². The number of hydrogen-bond donors (Lipinski definition) is 0. The molecule has 0 atom stereocenters.